The van der Waals surface area contributed by atoms with E-state index in [1.54, 1.807) is 0 Å². The Labute approximate surface area is 184 Å². The Morgan fingerprint density at radius 1 is 1.21 bits per heavy atom. The number of ether oxygens (including phenoxy) is 1. The minimum atomic E-state index is -1.18. The molecule has 12 heteroatoms. The summed E-state index contributed by atoms with van der Waals surface area (Å²) in [5.41, 5.74) is -1.94. The SMILES string of the molecule is NOc1c2n(cc(C(=O)NCc3c(F)cc(F)cc3F)c1=O)CC1OC3CC4C(C3)[N+]14C2=O. The number of hydrogen-bond donors (Lipinski definition) is 2. The van der Waals surface area contributed by atoms with Crippen molar-refractivity contribution in [2.24, 2.45) is 5.90 Å². The second kappa shape index (κ2) is 6.65. The summed E-state index contributed by atoms with van der Waals surface area (Å²) in [7, 11) is 0. The molecule has 3 N–H and O–H groups in total. The van der Waals surface area contributed by atoms with Gasteiger partial charge in [-0.3, -0.25) is 9.59 Å². The van der Waals surface area contributed by atoms with Crippen molar-refractivity contribution in [2.75, 3.05) is 0 Å². The molecule has 172 valence electrons. The molecule has 4 aliphatic heterocycles. The van der Waals surface area contributed by atoms with Gasteiger partial charge in [-0.25, -0.2) is 22.4 Å². The number of aromatic nitrogens is 1. The van der Waals surface area contributed by atoms with Crippen molar-refractivity contribution in [3.05, 3.63) is 62.8 Å². The topological polar surface area (TPSA) is 113 Å². The summed E-state index contributed by atoms with van der Waals surface area (Å²) in [6, 6.07) is 1.27. The van der Waals surface area contributed by atoms with Crippen LogP contribution < -0.4 is 21.5 Å². The lowest BCUT2D eigenvalue weighted by molar-refractivity contribution is -0.827. The molecule has 3 saturated heterocycles. The molecule has 4 fully saturated rings. The van der Waals surface area contributed by atoms with Crippen molar-refractivity contribution in [1.29, 1.82) is 0 Å². The van der Waals surface area contributed by atoms with Crippen LogP contribution in [-0.4, -0.2) is 45.3 Å². The smallest absolute Gasteiger partial charge is 0.369 e. The summed E-state index contributed by atoms with van der Waals surface area (Å²) < 4.78 is 48.4. The van der Waals surface area contributed by atoms with Gasteiger partial charge >= 0.3 is 5.91 Å². The van der Waals surface area contributed by atoms with Gasteiger partial charge < -0.3 is 19.5 Å². The van der Waals surface area contributed by atoms with E-state index in [9.17, 15) is 27.6 Å². The van der Waals surface area contributed by atoms with E-state index < -0.39 is 58.4 Å². The summed E-state index contributed by atoms with van der Waals surface area (Å²) in [6.45, 7) is -0.421. The van der Waals surface area contributed by atoms with Gasteiger partial charge in [0.1, 0.15) is 29.6 Å². The van der Waals surface area contributed by atoms with Gasteiger partial charge in [-0.1, -0.05) is 0 Å². The van der Waals surface area contributed by atoms with Gasteiger partial charge in [0, 0.05) is 43.3 Å². The Hall–Kier alpha value is -3.22. The maximum atomic E-state index is 13.9. The van der Waals surface area contributed by atoms with Gasteiger partial charge in [0.15, 0.2) is 17.8 Å². The molecule has 5 heterocycles. The van der Waals surface area contributed by atoms with Gasteiger partial charge in [-0.2, -0.15) is 5.90 Å². The molecule has 2 amide bonds. The van der Waals surface area contributed by atoms with Crippen molar-refractivity contribution in [3.8, 4) is 5.75 Å². The van der Waals surface area contributed by atoms with Gasteiger partial charge in [0.2, 0.25) is 17.4 Å². The van der Waals surface area contributed by atoms with Crippen LogP contribution in [-0.2, 0) is 17.8 Å². The lowest BCUT2D eigenvalue weighted by Crippen LogP contribution is -2.61. The van der Waals surface area contributed by atoms with E-state index in [2.05, 4.69) is 5.32 Å². The number of benzene rings is 1. The third-order valence-corrected chi connectivity index (χ3v) is 7.33. The molecule has 7 rings (SSSR count). The molecule has 1 aromatic heterocycles. The van der Waals surface area contributed by atoms with Crippen LogP contribution >= 0.6 is 0 Å². The normalized spacial score (nSPS) is 30.5. The first kappa shape index (κ1) is 20.4. The molecule has 1 saturated carbocycles. The number of pyridine rings is 1. The number of halogens is 3. The average molecular weight is 463 g/mol. The molecular weight excluding hydrogens is 445 g/mol. The number of nitrogens with one attached hydrogen (secondary N) is 1. The van der Waals surface area contributed by atoms with Crippen molar-refractivity contribution in [3.63, 3.8) is 0 Å². The van der Waals surface area contributed by atoms with Crippen LogP contribution in [0.3, 0.4) is 0 Å². The first-order valence-electron chi connectivity index (χ1n) is 10.4. The summed E-state index contributed by atoms with van der Waals surface area (Å²) >= 11 is 0. The molecule has 33 heavy (non-hydrogen) atoms. The molecule has 1 aromatic carbocycles. The zero-order valence-electron chi connectivity index (χ0n) is 17.0. The first-order valence-corrected chi connectivity index (χ1v) is 10.4. The largest absolute Gasteiger partial charge is 0.405 e. The van der Waals surface area contributed by atoms with E-state index >= 15 is 0 Å². The van der Waals surface area contributed by atoms with Crippen LogP contribution in [0.15, 0.2) is 23.1 Å². The predicted molar refractivity (Wildman–Crippen MR) is 103 cm³/mol. The highest BCUT2D eigenvalue weighted by Crippen LogP contribution is 2.61. The van der Waals surface area contributed by atoms with E-state index in [0.29, 0.717) is 12.1 Å². The van der Waals surface area contributed by atoms with E-state index in [1.807, 2.05) is 0 Å². The molecular formula is C21H18F3N4O5+. The number of rotatable bonds is 4. The molecule has 3 unspecified atom stereocenters. The third-order valence-electron chi connectivity index (χ3n) is 7.33. The molecule has 1 aliphatic carbocycles. The van der Waals surface area contributed by atoms with Crippen molar-refractivity contribution < 1.29 is 36.8 Å². The number of fused-ring (bicyclic) bond motifs is 1. The Morgan fingerprint density at radius 2 is 1.88 bits per heavy atom. The van der Waals surface area contributed by atoms with Gasteiger partial charge in [0.05, 0.1) is 6.10 Å². The Morgan fingerprint density at radius 3 is 2.52 bits per heavy atom. The van der Waals surface area contributed by atoms with Crippen molar-refractivity contribution in [2.45, 2.75) is 50.3 Å². The minimum Gasteiger partial charge on any atom is -0.405 e. The molecule has 2 aromatic rings. The monoisotopic (exact) mass is 463 g/mol. The zero-order chi connectivity index (χ0) is 23.2. The number of carbonyl (C=O) groups is 2. The summed E-state index contributed by atoms with van der Waals surface area (Å²) in [4.78, 5) is 43.9. The number of piperidine rings is 1. The number of amides is 2. The Bertz CT molecular complexity index is 1280. The highest BCUT2D eigenvalue weighted by Gasteiger charge is 2.83. The highest BCUT2D eigenvalue weighted by molar-refractivity contribution is 5.97. The summed E-state index contributed by atoms with van der Waals surface area (Å²) in [5.74, 6) is 0.104. The van der Waals surface area contributed by atoms with Crippen molar-refractivity contribution in [1.82, 2.24) is 9.88 Å². The number of quaternary nitrogens is 1. The summed E-state index contributed by atoms with van der Waals surface area (Å²) in [5, 5.41) is 2.24. The molecule has 0 radical (unpaired) electrons. The quantitative estimate of drug-likeness (QED) is 0.392. The van der Waals surface area contributed by atoms with Crippen LogP contribution in [0.4, 0.5) is 13.2 Å². The number of nitrogens with two attached hydrogens (primary N) is 1. The van der Waals surface area contributed by atoms with Gasteiger partial charge in [-0.15, -0.1) is 0 Å². The number of carbonyl (C=O) groups excluding carboxylic acids is 2. The third kappa shape index (κ3) is 2.56. The first-order chi connectivity index (χ1) is 15.8. The van der Waals surface area contributed by atoms with Gasteiger partial charge in [0.25, 0.3) is 5.91 Å². The zero-order valence-corrected chi connectivity index (χ0v) is 17.0. The number of nitrogens with zero attached hydrogens (tertiary/aromatic N) is 2. The lowest BCUT2D eigenvalue weighted by atomic mass is 10.1. The van der Waals surface area contributed by atoms with E-state index in [0.717, 1.165) is 12.8 Å². The molecule has 4 bridgehead atoms. The van der Waals surface area contributed by atoms with E-state index in [4.69, 9.17) is 15.5 Å². The van der Waals surface area contributed by atoms with E-state index in [-0.39, 0.29) is 40.8 Å². The fourth-order valence-corrected chi connectivity index (χ4v) is 5.90. The Balaban J connectivity index is 1.34. The number of hydrogen-bond acceptors (Lipinski definition) is 6. The Kier molecular flexibility index (Phi) is 4.11. The van der Waals surface area contributed by atoms with Crippen LogP contribution in [0.25, 0.3) is 0 Å². The van der Waals surface area contributed by atoms with Crippen LogP contribution in [0.1, 0.15) is 39.3 Å². The fourth-order valence-electron chi connectivity index (χ4n) is 5.90. The second-order valence-electron chi connectivity index (χ2n) is 8.81. The van der Waals surface area contributed by atoms with Crippen LogP contribution in [0.5, 0.6) is 5.75 Å². The lowest BCUT2D eigenvalue weighted by Gasteiger charge is -2.42. The molecule has 3 atom stereocenters. The van der Waals surface area contributed by atoms with Crippen LogP contribution in [0, 0.1) is 17.5 Å². The van der Waals surface area contributed by atoms with E-state index in [1.165, 1.54) is 10.8 Å². The second-order valence-corrected chi connectivity index (χ2v) is 8.81. The average Bonchev–Trinajstić information content (AvgIpc) is 3.24. The standard InChI is InChI=1S/C21H17F3N4O5/c22-8-1-12(23)10(13(24)2-8)5-26-20(30)11-6-27-7-16-28(14-3-9(32-16)4-15(14)28)21(31)17(27)19(33-25)18(11)29/h1-2,6,9,14-16H,3-5,7,25H2/p+1. The minimum absolute atomic E-state index is 0.0256. The molecule has 5 aliphatic rings. The maximum Gasteiger partial charge on any atom is 0.369 e. The predicted octanol–water partition coefficient (Wildman–Crippen LogP) is 0.688. The molecule has 9 nitrogen and oxygen atoms in total. The van der Waals surface area contributed by atoms with Gasteiger partial charge in [-0.05, 0) is 0 Å². The molecule has 1 spiro atoms. The maximum absolute atomic E-state index is 13.9. The highest BCUT2D eigenvalue weighted by atomic mass is 19.1. The fraction of sp³-hybridized carbons (Fsp3) is 0.381. The summed E-state index contributed by atoms with van der Waals surface area (Å²) in [6.07, 6.45) is 2.42. The van der Waals surface area contributed by atoms with Crippen LogP contribution in [0.2, 0.25) is 0 Å². The van der Waals surface area contributed by atoms with Crippen molar-refractivity contribution >= 4 is 11.8 Å².